The van der Waals surface area contributed by atoms with Crippen LogP contribution in [0.1, 0.15) is 59.3 Å². The van der Waals surface area contributed by atoms with E-state index in [1.807, 2.05) is 0 Å². The molecule has 2 N–H and O–H groups in total. The van der Waals surface area contributed by atoms with Crippen LogP contribution in [0.4, 0.5) is 0 Å². The van der Waals surface area contributed by atoms with Crippen LogP contribution >= 0.6 is 12.2 Å². The Labute approximate surface area is 129 Å². The Balaban J connectivity index is 1.82. The summed E-state index contributed by atoms with van der Waals surface area (Å²) in [6.45, 7) is 8.96. The van der Waals surface area contributed by atoms with Crippen molar-refractivity contribution in [3.05, 3.63) is 0 Å². The fourth-order valence-corrected chi connectivity index (χ4v) is 4.00. The van der Waals surface area contributed by atoms with E-state index in [-0.39, 0.29) is 0 Å². The molecule has 2 aliphatic heterocycles. The van der Waals surface area contributed by atoms with Gasteiger partial charge in [0, 0.05) is 24.7 Å². The third kappa shape index (κ3) is 4.32. The van der Waals surface area contributed by atoms with Crippen LogP contribution in [0.2, 0.25) is 0 Å². The Morgan fingerprint density at radius 2 is 1.90 bits per heavy atom. The van der Waals surface area contributed by atoms with Crippen molar-refractivity contribution in [2.45, 2.75) is 77.4 Å². The zero-order valence-corrected chi connectivity index (χ0v) is 14.1. The summed E-state index contributed by atoms with van der Waals surface area (Å²) in [5.41, 5.74) is 0. The molecule has 2 saturated heterocycles. The van der Waals surface area contributed by atoms with E-state index in [0.717, 1.165) is 23.7 Å². The molecule has 0 aromatic heterocycles. The van der Waals surface area contributed by atoms with Gasteiger partial charge in [0.1, 0.15) is 0 Å². The number of rotatable bonds is 5. The van der Waals surface area contributed by atoms with E-state index in [2.05, 4.69) is 36.3 Å². The van der Waals surface area contributed by atoms with Gasteiger partial charge in [0.25, 0.3) is 0 Å². The lowest BCUT2D eigenvalue weighted by molar-refractivity contribution is 0.0282. The topological polar surface area (TPSA) is 27.3 Å². The van der Waals surface area contributed by atoms with Crippen LogP contribution in [-0.4, -0.2) is 41.2 Å². The third-order valence-corrected chi connectivity index (χ3v) is 4.88. The SMILES string of the molecule is CCCN1C2CCCC1CC(NC(=S)NCC(C)C)C2. The van der Waals surface area contributed by atoms with Crippen LogP contribution in [0.3, 0.4) is 0 Å². The highest BCUT2D eigenvalue weighted by molar-refractivity contribution is 7.80. The van der Waals surface area contributed by atoms with Gasteiger partial charge in [-0.25, -0.2) is 0 Å². The summed E-state index contributed by atoms with van der Waals surface area (Å²) in [5, 5.41) is 7.75. The van der Waals surface area contributed by atoms with Gasteiger partial charge in [0.15, 0.2) is 5.11 Å². The van der Waals surface area contributed by atoms with Gasteiger partial charge in [-0.2, -0.15) is 0 Å². The molecule has 0 spiro atoms. The van der Waals surface area contributed by atoms with Crippen LogP contribution in [0, 0.1) is 5.92 Å². The van der Waals surface area contributed by atoms with Crippen LogP contribution in [0.15, 0.2) is 0 Å². The van der Waals surface area contributed by atoms with Crippen molar-refractivity contribution in [3.63, 3.8) is 0 Å². The zero-order chi connectivity index (χ0) is 14.5. The third-order valence-electron chi connectivity index (χ3n) is 4.61. The van der Waals surface area contributed by atoms with Gasteiger partial charge in [-0.15, -0.1) is 0 Å². The Morgan fingerprint density at radius 1 is 1.25 bits per heavy atom. The molecule has 3 nitrogen and oxygen atoms in total. The molecule has 0 amide bonds. The van der Waals surface area contributed by atoms with Gasteiger partial charge in [0.2, 0.25) is 0 Å². The predicted octanol–water partition coefficient (Wildman–Crippen LogP) is 2.90. The molecular weight excluding hydrogens is 266 g/mol. The first-order chi connectivity index (χ1) is 9.60. The predicted molar refractivity (Wildman–Crippen MR) is 90.0 cm³/mol. The smallest absolute Gasteiger partial charge is 0.166 e. The number of nitrogens with one attached hydrogen (secondary N) is 2. The van der Waals surface area contributed by atoms with E-state index in [9.17, 15) is 0 Å². The molecule has 2 heterocycles. The average molecular weight is 298 g/mol. The van der Waals surface area contributed by atoms with Crippen LogP contribution in [0.5, 0.6) is 0 Å². The molecule has 2 rings (SSSR count). The van der Waals surface area contributed by atoms with Crippen molar-refractivity contribution >= 4 is 17.3 Å². The van der Waals surface area contributed by atoms with Crippen molar-refractivity contribution in [3.8, 4) is 0 Å². The van der Waals surface area contributed by atoms with E-state index in [1.54, 1.807) is 0 Å². The first-order valence-electron chi connectivity index (χ1n) is 8.40. The molecule has 20 heavy (non-hydrogen) atoms. The summed E-state index contributed by atoms with van der Waals surface area (Å²) in [7, 11) is 0. The monoisotopic (exact) mass is 297 g/mol. The van der Waals surface area contributed by atoms with Gasteiger partial charge in [-0.1, -0.05) is 27.2 Å². The lowest BCUT2D eigenvalue weighted by Gasteiger charge is -2.49. The molecule has 2 bridgehead atoms. The molecule has 0 aromatic rings. The number of hydrogen-bond acceptors (Lipinski definition) is 2. The molecule has 0 saturated carbocycles. The average Bonchev–Trinajstić information content (AvgIpc) is 2.37. The lowest BCUT2D eigenvalue weighted by atomic mass is 9.81. The number of hydrogen-bond donors (Lipinski definition) is 2. The zero-order valence-electron chi connectivity index (χ0n) is 13.3. The largest absolute Gasteiger partial charge is 0.362 e. The molecule has 0 radical (unpaired) electrons. The number of fused-ring (bicyclic) bond motifs is 2. The first-order valence-corrected chi connectivity index (χ1v) is 8.81. The van der Waals surface area contributed by atoms with Crippen molar-refractivity contribution in [1.82, 2.24) is 15.5 Å². The highest BCUT2D eigenvalue weighted by Gasteiger charge is 2.37. The molecule has 0 aromatic carbocycles. The summed E-state index contributed by atoms with van der Waals surface area (Å²) in [6.07, 6.45) is 7.97. The normalized spacial score (nSPS) is 30.3. The molecule has 4 heteroatoms. The Bertz CT molecular complexity index is 305. The fraction of sp³-hybridized carbons (Fsp3) is 0.938. The molecule has 0 aliphatic carbocycles. The molecule has 116 valence electrons. The Hall–Kier alpha value is -0.350. The molecule has 2 aliphatic rings. The summed E-state index contributed by atoms with van der Waals surface area (Å²) in [4.78, 5) is 2.77. The second-order valence-electron chi connectivity index (χ2n) is 6.89. The maximum absolute atomic E-state index is 5.43. The summed E-state index contributed by atoms with van der Waals surface area (Å²) < 4.78 is 0. The van der Waals surface area contributed by atoms with E-state index in [1.165, 1.54) is 45.1 Å². The van der Waals surface area contributed by atoms with Crippen molar-refractivity contribution in [1.29, 1.82) is 0 Å². The minimum absolute atomic E-state index is 0.575. The molecular formula is C16H31N3S. The van der Waals surface area contributed by atoms with E-state index in [0.29, 0.717) is 12.0 Å². The van der Waals surface area contributed by atoms with Gasteiger partial charge in [0.05, 0.1) is 0 Å². The second kappa shape index (κ2) is 7.60. The fourth-order valence-electron chi connectivity index (χ4n) is 3.75. The highest BCUT2D eigenvalue weighted by Crippen LogP contribution is 2.34. The van der Waals surface area contributed by atoms with Crippen molar-refractivity contribution in [2.75, 3.05) is 13.1 Å². The second-order valence-corrected chi connectivity index (χ2v) is 7.30. The van der Waals surface area contributed by atoms with E-state index in [4.69, 9.17) is 12.2 Å². The Kier molecular flexibility index (Phi) is 6.09. The van der Waals surface area contributed by atoms with Crippen LogP contribution in [0.25, 0.3) is 0 Å². The van der Waals surface area contributed by atoms with E-state index < -0.39 is 0 Å². The van der Waals surface area contributed by atoms with Crippen LogP contribution in [-0.2, 0) is 0 Å². The standard InChI is InChI=1S/C16H31N3S/c1-4-8-19-14-6-5-7-15(19)10-13(9-14)18-16(20)17-11-12(2)3/h12-15H,4-11H2,1-3H3,(H2,17,18,20). The van der Waals surface area contributed by atoms with Crippen molar-refractivity contribution < 1.29 is 0 Å². The summed E-state index contributed by atoms with van der Waals surface area (Å²) in [6, 6.07) is 2.14. The number of thiocarbonyl (C=S) groups is 1. The van der Waals surface area contributed by atoms with Gasteiger partial charge in [-0.3, -0.25) is 4.90 Å². The van der Waals surface area contributed by atoms with Crippen LogP contribution < -0.4 is 10.6 Å². The highest BCUT2D eigenvalue weighted by atomic mass is 32.1. The first kappa shape index (κ1) is 16.0. The van der Waals surface area contributed by atoms with Crippen molar-refractivity contribution in [2.24, 2.45) is 5.92 Å². The maximum Gasteiger partial charge on any atom is 0.166 e. The van der Waals surface area contributed by atoms with E-state index >= 15 is 0 Å². The van der Waals surface area contributed by atoms with Gasteiger partial charge in [-0.05, 0) is 56.8 Å². The maximum atomic E-state index is 5.43. The summed E-state index contributed by atoms with van der Waals surface area (Å²) in [5.74, 6) is 0.639. The minimum Gasteiger partial charge on any atom is -0.362 e. The van der Waals surface area contributed by atoms with Gasteiger partial charge >= 0.3 is 0 Å². The number of nitrogens with zero attached hydrogens (tertiary/aromatic N) is 1. The Morgan fingerprint density at radius 3 is 2.45 bits per heavy atom. The van der Waals surface area contributed by atoms with Gasteiger partial charge < -0.3 is 10.6 Å². The molecule has 2 unspecified atom stereocenters. The lowest BCUT2D eigenvalue weighted by Crippen LogP contribution is -2.58. The summed E-state index contributed by atoms with van der Waals surface area (Å²) >= 11 is 5.43. The number of piperidine rings is 2. The minimum atomic E-state index is 0.575. The quantitative estimate of drug-likeness (QED) is 0.763. The molecule has 2 fully saturated rings. The molecule has 2 atom stereocenters.